The monoisotopic (exact) mass is 479 g/mol. The van der Waals surface area contributed by atoms with E-state index in [-0.39, 0.29) is 11.4 Å². The van der Waals surface area contributed by atoms with E-state index in [0.717, 1.165) is 41.6 Å². The molecule has 3 aromatic carbocycles. The number of benzene rings is 3. The van der Waals surface area contributed by atoms with Crippen molar-refractivity contribution in [3.8, 4) is 22.6 Å². The van der Waals surface area contributed by atoms with Gasteiger partial charge < -0.3 is 9.47 Å². The molecular weight excluding hydrogens is 446 g/mol. The molecule has 4 nitrogen and oxygen atoms in total. The molecule has 0 amide bonds. The van der Waals surface area contributed by atoms with Crippen molar-refractivity contribution in [1.82, 2.24) is 0 Å². The Balaban J connectivity index is 1.23. The standard InChI is InChI=1S/C32H33NO3/c1-2-35-30-17-22(21-33-28-11-7-6-10-27(28)26-8-4-3-5-9-26)12-13-29(30)36-31(34)32-18-23-14-24(19-32)16-25(15-23)20-32/h3-13,17,21,23-25H,2,14-16,18-20H2,1H3. The molecule has 4 aliphatic carbocycles. The van der Waals surface area contributed by atoms with E-state index in [1.165, 1.54) is 19.3 Å². The lowest BCUT2D eigenvalue weighted by Crippen LogP contribution is -2.51. The normalized spacial score (nSPS) is 26.3. The summed E-state index contributed by atoms with van der Waals surface area (Å²) in [6.45, 7) is 2.45. The molecule has 7 rings (SSSR count). The van der Waals surface area contributed by atoms with Gasteiger partial charge in [0.1, 0.15) is 0 Å². The highest BCUT2D eigenvalue weighted by atomic mass is 16.6. The molecule has 0 aliphatic heterocycles. The Hall–Kier alpha value is -3.40. The molecule has 0 heterocycles. The first-order valence-corrected chi connectivity index (χ1v) is 13.3. The minimum Gasteiger partial charge on any atom is -0.490 e. The van der Waals surface area contributed by atoms with Crippen LogP contribution in [0.4, 0.5) is 5.69 Å². The first kappa shape index (κ1) is 23.0. The fourth-order valence-electron chi connectivity index (χ4n) is 7.12. The van der Waals surface area contributed by atoms with Crippen LogP contribution in [0.15, 0.2) is 77.8 Å². The van der Waals surface area contributed by atoms with Crippen LogP contribution in [0.3, 0.4) is 0 Å². The van der Waals surface area contributed by atoms with E-state index in [1.807, 2.05) is 67.7 Å². The Labute approximate surface area is 213 Å². The minimum atomic E-state index is -0.292. The largest absolute Gasteiger partial charge is 0.490 e. The van der Waals surface area contributed by atoms with E-state index >= 15 is 0 Å². The van der Waals surface area contributed by atoms with Gasteiger partial charge in [-0.2, -0.15) is 0 Å². The molecule has 0 saturated heterocycles. The van der Waals surface area contributed by atoms with Crippen molar-refractivity contribution in [3.05, 3.63) is 78.4 Å². The van der Waals surface area contributed by atoms with E-state index in [1.54, 1.807) is 0 Å². The van der Waals surface area contributed by atoms with Crippen LogP contribution >= 0.6 is 0 Å². The van der Waals surface area contributed by atoms with Crippen LogP contribution in [0.5, 0.6) is 11.5 Å². The Kier molecular flexibility index (Phi) is 6.12. The van der Waals surface area contributed by atoms with Gasteiger partial charge in [-0.3, -0.25) is 9.79 Å². The first-order valence-electron chi connectivity index (χ1n) is 13.3. The summed E-state index contributed by atoms with van der Waals surface area (Å²) in [5.74, 6) is 3.16. The summed E-state index contributed by atoms with van der Waals surface area (Å²) >= 11 is 0. The molecule has 36 heavy (non-hydrogen) atoms. The van der Waals surface area contributed by atoms with Crippen LogP contribution in [-0.2, 0) is 4.79 Å². The zero-order chi connectivity index (χ0) is 24.5. The molecule has 0 N–H and O–H groups in total. The summed E-state index contributed by atoms with van der Waals surface area (Å²) in [4.78, 5) is 18.3. The van der Waals surface area contributed by atoms with Crippen molar-refractivity contribution in [2.75, 3.05) is 6.61 Å². The van der Waals surface area contributed by atoms with Gasteiger partial charge in [0, 0.05) is 11.8 Å². The molecule has 0 atom stereocenters. The van der Waals surface area contributed by atoms with Gasteiger partial charge in [0.15, 0.2) is 11.5 Å². The SMILES string of the molecule is CCOc1cc(C=Nc2ccccc2-c2ccccc2)ccc1OC(=O)C12CC3CC(CC(C3)C1)C2. The maximum absolute atomic E-state index is 13.5. The number of para-hydroxylation sites is 1. The molecule has 4 fully saturated rings. The quantitative estimate of drug-likeness (QED) is 0.199. The number of aliphatic imine (C=N–C) groups is 1. The lowest BCUT2D eigenvalue weighted by molar-refractivity contribution is -0.161. The third-order valence-electron chi connectivity index (χ3n) is 8.28. The number of rotatable bonds is 7. The van der Waals surface area contributed by atoms with E-state index in [9.17, 15) is 4.79 Å². The van der Waals surface area contributed by atoms with Crippen LogP contribution in [0.2, 0.25) is 0 Å². The Morgan fingerprint density at radius 2 is 1.56 bits per heavy atom. The van der Waals surface area contributed by atoms with Crippen molar-refractivity contribution >= 4 is 17.9 Å². The van der Waals surface area contributed by atoms with E-state index in [2.05, 4.69) is 18.2 Å². The van der Waals surface area contributed by atoms with Gasteiger partial charge in [0.2, 0.25) is 0 Å². The minimum absolute atomic E-state index is 0.0549. The molecule has 0 unspecified atom stereocenters. The molecule has 4 aliphatic rings. The Bertz CT molecular complexity index is 1240. The zero-order valence-electron chi connectivity index (χ0n) is 20.9. The predicted molar refractivity (Wildman–Crippen MR) is 143 cm³/mol. The van der Waals surface area contributed by atoms with Crippen LogP contribution < -0.4 is 9.47 Å². The number of carbonyl (C=O) groups is 1. The summed E-state index contributed by atoms with van der Waals surface area (Å²) in [6, 6.07) is 24.1. The number of carbonyl (C=O) groups excluding carboxylic acids is 1. The molecule has 3 aromatic rings. The number of nitrogens with zero attached hydrogens (tertiary/aromatic N) is 1. The summed E-state index contributed by atoms with van der Waals surface area (Å²) in [5.41, 5.74) is 3.72. The highest BCUT2D eigenvalue weighted by molar-refractivity contribution is 5.87. The predicted octanol–water partition coefficient (Wildman–Crippen LogP) is 7.62. The second kappa shape index (κ2) is 9.57. The molecule has 184 valence electrons. The van der Waals surface area contributed by atoms with E-state index in [4.69, 9.17) is 14.5 Å². The van der Waals surface area contributed by atoms with Crippen LogP contribution in [0.25, 0.3) is 11.1 Å². The van der Waals surface area contributed by atoms with Gasteiger partial charge in [-0.15, -0.1) is 0 Å². The fraction of sp³-hybridized carbons (Fsp3) is 0.375. The average molecular weight is 480 g/mol. The lowest BCUT2D eigenvalue weighted by atomic mass is 9.49. The van der Waals surface area contributed by atoms with Crippen LogP contribution in [0.1, 0.15) is 51.0 Å². The third-order valence-corrected chi connectivity index (χ3v) is 8.28. The molecule has 4 heteroatoms. The van der Waals surface area contributed by atoms with Crippen molar-refractivity contribution in [3.63, 3.8) is 0 Å². The number of ether oxygens (including phenoxy) is 2. The first-order chi connectivity index (χ1) is 17.6. The van der Waals surface area contributed by atoms with Crippen molar-refractivity contribution in [2.24, 2.45) is 28.2 Å². The number of hydrogen-bond donors (Lipinski definition) is 0. The lowest BCUT2D eigenvalue weighted by Gasteiger charge is -2.55. The second-order valence-corrected chi connectivity index (χ2v) is 10.9. The van der Waals surface area contributed by atoms with Crippen LogP contribution in [0, 0.1) is 23.2 Å². The van der Waals surface area contributed by atoms with Gasteiger partial charge in [-0.05, 0) is 98.6 Å². The highest BCUT2D eigenvalue weighted by Gasteiger charge is 2.55. The maximum Gasteiger partial charge on any atom is 0.317 e. The summed E-state index contributed by atoms with van der Waals surface area (Å²) < 4.78 is 12.0. The van der Waals surface area contributed by atoms with Gasteiger partial charge in [-0.1, -0.05) is 48.5 Å². The number of hydrogen-bond acceptors (Lipinski definition) is 4. The molecule has 0 aromatic heterocycles. The number of esters is 1. The van der Waals surface area contributed by atoms with Crippen molar-refractivity contribution < 1.29 is 14.3 Å². The molecule has 4 bridgehead atoms. The molecule has 0 spiro atoms. The van der Waals surface area contributed by atoms with Crippen molar-refractivity contribution in [2.45, 2.75) is 45.4 Å². The highest BCUT2D eigenvalue weighted by Crippen LogP contribution is 2.60. The summed E-state index contributed by atoms with van der Waals surface area (Å²) in [6.07, 6.45) is 8.73. The Morgan fingerprint density at radius 1 is 0.889 bits per heavy atom. The third kappa shape index (κ3) is 4.45. The second-order valence-electron chi connectivity index (χ2n) is 10.9. The zero-order valence-corrected chi connectivity index (χ0v) is 20.9. The molecule has 0 radical (unpaired) electrons. The topological polar surface area (TPSA) is 47.9 Å². The molecular formula is C32H33NO3. The Morgan fingerprint density at radius 3 is 2.25 bits per heavy atom. The van der Waals surface area contributed by atoms with Gasteiger partial charge in [0.25, 0.3) is 0 Å². The average Bonchev–Trinajstić information content (AvgIpc) is 2.89. The summed E-state index contributed by atoms with van der Waals surface area (Å²) in [7, 11) is 0. The molecule has 4 saturated carbocycles. The van der Waals surface area contributed by atoms with Gasteiger partial charge in [-0.25, -0.2) is 0 Å². The van der Waals surface area contributed by atoms with E-state index < -0.39 is 0 Å². The maximum atomic E-state index is 13.5. The summed E-state index contributed by atoms with van der Waals surface area (Å²) in [5, 5.41) is 0. The van der Waals surface area contributed by atoms with E-state index in [0.29, 0.717) is 35.9 Å². The van der Waals surface area contributed by atoms with Gasteiger partial charge >= 0.3 is 5.97 Å². The van der Waals surface area contributed by atoms with Crippen molar-refractivity contribution in [1.29, 1.82) is 0 Å². The van der Waals surface area contributed by atoms with Crippen LogP contribution in [-0.4, -0.2) is 18.8 Å². The van der Waals surface area contributed by atoms with Gasteiger partial charge in [0.05, 0.1) is 17.7 Å². The smallest absolute Gasteiger partial charge is 0.317 e. The fourth-order valence-corrected chi connectivity index (χ4v) is 7.12.